The number of methoxy groups -OCH3 is 1. The molecule has 1 N–H and O–H groups in total. The van der Waals surface area contributed by atoms with Crippen LogP contribution in [0.5, 0.6) is 0 Å². The minimum absolute atomic E-state index is 0.0745. The topological polar surface area (TPSA) is 86.1 Å². The minimum Gasteiger partial charge on any atom is -0.467 e. The molecule has 7 heteroatoms. The molecule has 2 aromatic heterocycles. The lowest BCUT2D eigenvalue weighted by molar-refractivity contribution is -0.144. The molecule has 0 radical (unpaired) electrons. The molecule has 1 unspecified atom stereocenters. The van der Waals surface area contributed by atoms with Gasteiger partial charge >= 0.3 is 5.97 Å². The fourth-order valence-electron chi connectivity index (χ4n) is 1.92. The van der Waals surface area contributed by atoms with E-state index in [1.807, 2.05) is 13.8 Å². The van der Waals surface area contributed by atoms with E-state index in [2.05, 4.69) is 15.3 Å². The van der Waals surface area contributed by atoms with Gasteiger partial charge in [-0.15, -0.1) is 0 Å². The number of rotatable bonds is 5. The number of hydrogen-bond acceptors (Lipinski definition) is 5. The van der Waals surface area contributed by atoms with Gasteiger partial charge in [-0.05, 0) is 18.1 Å². The number of carbonyl (C=O) groups excluding carboxylic acids is 2. The number of carbonyl (C=O) groups is 2. The van der Waals surface area contributed by atoms with Gasteiger partial charge in [-0.25, -0.2) is 14.8 Å². The highest BCUT2D eigenvalue weighted by atomic mass is 16.5. The van der Waals surface area contributed by atoms with Gasteiger partial charge in [-0.2, -0.15) is 0 Å². The summed E-state index contributed by atoms with van der Waals surface area (Å²) in [7, 11) is 1.30. The normalized spacial score (nSPS) is 12.0. The zero-order chi connectivity index (χ0) is 16.1. The predicted octanol–water partition coefficient (Wildman–Crippen LogP) is 1.19. The summed E-state index contributed by atoms with van der Waals surface area (Å²) in [6.45, 7) is 3.67. The van der Waals surface area contributed by atoms with Crippen molar-refractivity contribution in [3.63, 3.8) is 0 Å². The van der Waals surface area contributed by atoms with Gasteiger partial charge in [-0.1, -0.05) is 13.8 Å². The third kappa shape index (κ3) is 3.49. The van der Waals surface area contributed by atoms with Crippen LogP contribution in [-0.4, -0.2) is 39.6 Å². The molecule has 1 amide bonds. The van der Waals surface area contributed by atoms with Gasteiger partial charge in [-0.3, -0.25) is 9.36 Å². The van der Waals surface area contributed by atoms with Crippen molar-refractivity contribution in [2.75, 3.05) is 7.11 Å². The first-order valence-corrected chi connectivity index (χ1v) is 6.86. The summed E-state index contributed by atoms with van der Waals surface area (Å²) < 4.78 is 6.43. The van der Waals surface area contributed by atoms with Crippen molar-refractivity contribution < 1.29 is 14.3 Å². The predicted molar refractivity (Wildman–Crippen MR) is 79.5 cm³/mol. The molecule has 116 valence electrons. The highest BCUT2D eigenvalue weighted by Crippen LogP contribution is 2.08. The molecule has 2 heterocycles. The van der Waals surface area contributed by atoms with Crippen LogP contribution in [0.1, 0.15) is 24.2 Å². The van der Waals surface area contributed by atoms with E-state index in [1.165, 1.54) is 13.3 Å². The number of hydrogen-bond donors (Lipinski definition) is 1. The Bertz CT molecular complexity index is 635. The second kappa shape index (κ2) is 6.84. The summed E-state index contributed by atoms with van der Waals surface area (Å²) in [4.78, 5) is 32.0. The Hall–Kier alpha value is -2.70. The average Bonchev–Trinajstić information content (AvgIpc) is 3.06. The van der Waals surface area contributed by atoms with Crippen molar-refractivity contribution >= 4 is 11.9 Å². The van der Waals surface area contributed by atoms with Gasteiger partial charge in [0.25, 0.3) is 5.91 Å². The van der Waals surface area contributed by atoms with Gasteiger partial charge in [0.1, 0.15) is 18.2 Å². The Kier molecular flexibility index (Phi) is 4.88. The molecule has 0 bridgehead atoms. The quantitative estimate of drug-likeness (QED) is 0.839. The van der Waals surface area contributed by atoms with Gasteiger partial charge < -0.3 is 10.1 Å². The van der Waals surface area contributed by atoms with E-state index in [-0.39, 0.29) is 11.8 Å². The van der Waals surface area contributed by atoms with E-state index in [0.29, 0.717) is 11.4 Å². The first-order chi connectivity index (χ1) is 10.5. The molecule has 0 spiro atoms. The van der Waals surface area contributed by atoms with Crippen LogP contribution in [0.2, 0.25) is 0 Å². The van der Waals surface area contributed by atoms with Crippen LogP contribution in [-0.2, 0) is 9.53 Å². The average molecular weight is 302 g/mol. The van der Waals surface area contributed by atoms with E-state index < -0.39 is 12.0 Å². The maximum atomic E-state index is 12.2. The lowest BCUT2D eigenvalue weighted by atomic mass is 10.0. The zero-order valence-electron chi connectivity index (χ0n) is 12.7. The van der Waals surface area contributed by atoms with Crippen LogP contribution in [0.25, 0.3) is 5.82 Å². The zero-order valence-corrected chi connectivity index (χ0v) is 12.7. The van der Waals surface area contributed by atoms with Crippen LogP contribution >= 0.6 is 0 Å². The van der Waals surface area contributed by atoms with Crippen LogP contribution in [0.3, 0.4) is 0 Å². The number of amides is 1. The lowest BCUT2D eigenvalue weighted by Gasteiger charge is -2.19. The Balaban J connectivity index is 2.11. The minimum atomic E-state index is -0.689. The summed E-state index contributed by atoms with van der Waals surface area (Å²) >= 11 is 0. The van der Waals surface area contributed by atoms with E-state index in [0.717, 1.165) is 0 Å². The van der Waals surface area contributed by atoms with E-state index >= 15 is 0 Å². The van der Waals surface area contributed by atoms with Crippen molar-refractivity contribution in [2.24, 2.45) is 5.92 Å². The van der Waals surface area contributed by atoms with Crippen molar-refractivity contribution in [2.45, 2.75) is 19.9 Å². The van der Waals surface area contributed by atoms with Crippen molar-refractivity contribution in [3.8, 4) is 5.82 Å². The molecule has 0 aliphatic rings. The standard InChI is InChI=1S/C15H18N4O3/c1-10(2)13(15(21)22-3)18-14(20)11-4-5-12(17-8-11)19-7-6-16-9-19/h4-10,13H,1-3H3,(H,18,20). The molecule has 0 fully saturated rings. The van der Waals surface area contributed by atoms with Crippen LogP contribution in [0.4, 0.5) is 0 Å². The molecular weight excluding hydrogens is 284 g/mol. The molecular formula is C15H18N4O3. The number of esters is 1. The Morgan fingerprint density at radius 3 is 2.59 bits per heavy atom. The first-order valence-electron chi connectivity index (χ1n) is 6.86. The van der Waals surface area contributed by atoms with Gasteiger partial charge in [0.05, 0.1) is 12.7 Å². The molecule has 7 nitrogen and oxygen atoms in total. The fraction of sp³-hybridized carbons (Fsp3) is 0.333. The van der Waals surface area contributed by atoms with Gasteiger partial charge in [0, 0.05) is 18.6 Å². The third-order valence-electron chi connectivity index (χ3n) is 3.19. The van der Waals surface area contributed by atoms with Crippen molar-refractivity contribution in [3.05, 3.63) is 42.6 Å². The Labute approximate surface area is 128 Å². The molecule has 0 aromatic carbocycles. The van der Waals surface area contributed by atoms with Crippen LogP contribution in [0, 0.1) is 5.92 Å². The molecule has 2 rings (SSSR count). The summed E-state index contributed by atoms with van der Waals surface area (Å²) in [6, 6.07) is 2.66. The van der Waals surface area contributed by atoms with E-state index in [9.17, 15) is 9.59 Å². The smallest absolute Gasteiger partial charge is 0.328 e. The summed E-state index contributed by atoms with van der Waals surface area (Å²) in [5, 5.41) is 2.67. The number of nitrogens with one attached hydrogen (secondary N) is 1. The summed E-state index contributed by atoms with van der Waals surface area (Å²) in [5.74, 6) is -0.253. The second-order valence-corrected chi connectivity index (χ2v) is 5.09. The maximum Gasteiger partial charge on any atom is 0.328 e. The van der Waals surface area contributed by atoms with Crippen molar-refractivity contribution in [1.82, 2.24) is 19.9 Å². The fourth-order valence-corrected chi connectivity index (χ4v) is 1.92. The molecule has 0 saturated carbocycles. The monoisotopic (exact) mass is 302 g/mol. The largest absolute Gasteiger partial charge is 0.467 e. The van der Waals surface area contributed by atoms with Crippen LogP contribution in [0.15, 0.2) is 37.1 Å². The second-order valence-electron chi connectivity index (χ2n) is 5.09. The number of aromatic nitrogens is 3. The number of pyridine rings is 1. The summed E-state index contributed by atoms with van der Waals surface area (Å²) in [6.07, 6.45) is 6.48. The van der Waals surface area contributed by atoms with Crippen molar-refractivity contribution in [1.29, 1.82) is 0 Å². The Morgan fingerprint density at radius 1 is 1.32 bits per heavy atom. The molecule has 22 heavy (non-hydrogen) atoms. The SMILES string of the molecule is COC(=O)C(NC(=O)c1ccc(-n2ccnc2)nc1)C(C)C. The van der Waals surface area contributed by atoms with E-state index in [4.69, 9.17) is 4.74 Å². The first kappa shape index (κ1) is 15.7. The summed E-state index contributed by atoms with van der Waals surface area (Å²) in [5.41, 5.74) is 0.374. The molecule has 0 aliphatic carbocycles. The van der Waals surface area contributed by atoms with Gasteiger partial charge in [0.2, 0.25) is 0 Å². The molecule has 0 aliphatic heterocycles. The highest BCUT2D eigenvalue weighted by Gasteiger charge is 2.25. The number of nitrogens with zero attached hydrogens (tertiary/aromatic N) is 3. The molecule has 0 saturated heterocycles. The Morgan fingerprint density at radius 2 is 2.09 bits per heavy atom. The highest BCUT2D eigenvalue weighted by molar-refractivity contribution is 5.96. The maximum absolute atomic E-state index is 12.2. The van der Waals surface area contributed by atoms with Gasteiger partial charge in [0.15, 0.2) is 0 Å². The molecule has 1 atom stereocenters. The number of ether oxygens (including phenoxy) is 1. The third-order valence-corrected chi connectivity index (χ3v) is 3.19. The number of imidazole rings is 1. The lowest BCUT2D eigenvalue weighted by Crippen LogP contribution is -2.45. The van der Waals surface area contributed by atoms with E-state index in [1.54, 1.807) is 35.4 Å². The van der Waals surface area contributed by atoms with Crippen LogP contribution < -0.4 is 5.32 Å². The molecule has 2 aromatic rings.